The van der Waals surface area contributed by atoms with Crippen molar-refractivity contribution in [2.75, 3.05) is 26.5 Å². The Kier molecular flexibility index (Phi) is 17.2. The number of hydrogen-bond acceptors (Lipinski definition) is 2. The first-order valence-corrected chi connectivity index (χ1v) is 16.8. The van der Waals surface area contributed by atoms with Crippen LogP contribution in [0.1, 0.15) is 114 Å². The summed E-state index contributed by atoms with van der Waals surface area (Å²) in [4.78, 5) is 0. The second-order valence-electron chi connectivity index (χ2n) is 11.8. The summed E-state index contributed by atoms with van der Waals surface area (Å²) in [5.74, 6) is -0.313. The molecule has 0 N–H and O–H groups in total. The van der Waals surface area contributed by atoms with Crippen molar-refractivity contribution in [3.63, 3.8) is 0 Å². The van der Waals surface area contributed by atoms with Crippen molar-refractivity contribution in [2.24, 2.45) is 5.92 Å². The Morgan fingerprint density at radius 1 is 0.524 bits per heavy atom. The van der Waals surface area contributed by atoms with Gasteiger partial charge in [-0.1, -0.05) is 181 Å². The lowest BCUT2D eigenvalue weighted by Crippen LogP contribution is -2.35. The van der Waals surface area contributed by atoms with E-state index in [0.717, 1.165) is 23.1 Å². The van der Waals surface area contributed by atoms with Crippen LogP contribution in [0.25, 0.3) is 0 Å². The molecular weight excluding hydrogens is 519 g/mol. The molecule has 0 radical (unpaired) electrons. The van der Waals surface area contributed by atoms with Crippen LogP contribution in [-0.4, -0.2) is 26.5 Å². The van der Waals surface area contributed by atoms with Crippen LogP contribution >= 0.6 is 0 Å². The highest BCUT2D eigenvalue weighted by Gasteiger charge is 2.38. The predicted octanol–water partition coefficient (Wildman–Crippen LogP) is 11.1. The van der Waals surface area contributed by atoms with Gasteiger partial charge in [-0.3, -0.25) is 4.39 Å². The normalized spacial score (nSPS) is 12.4. The molecule has 0 saturated heterocycles. The van der Waals surface area contributed by atoms with Crippen LogP contribution in [0.2, 0.25) is 0 Å². The molecule has 3 aromatic rings. The zero-order chi connectivity index (χ0) is 29.6. The van der Waals surface area contributed by atoms with Crippen LogP contribution in [0, 0.1) is 5.92 Å². The smallest absolute Gasteiger partial charge is 0.143 e. The number of alkyl halides is 1. The Morgan fingerprint density at radius 3 is 1.29 bits per heavy atom. The minimum atomic E-state index is -0.828. The van der Waals surface area contributed by atoms with E-state index < -0.39 is 12.3 Å². The largest absolute Gasteiger partial charge is 0.381 e. The SMILES string of the molecule is CCCCCCCCCCCCCCCCOCC(CF)COC(c1ccccc1)(c1ccccc1)c1ccccc1. The third kappa shape index (κ3) is 11.7. The lowest BCUT2D eigenvalue weighted by atomic mass is 9.80. The molecule has 1 atom stereocenters. The maximum absolute atomic E-state index is 14.2. The lowest BCUT2D eigenvalue weighted by molar-refractivity contribution is -0.0335. The van der Waals surface area contributed by atoms with Crippen molar-refractivity contribution >= 4 is 0 Å². The van der Waals surface area contributed by atoms with E-state index in [4.69, 9.17) is 9.47 Å². The molecule has 0 aliphatic heterocycles. The number of halogens is 1. The zero-order valence-electron chi connectivity index (χ0n) is 26.2. The van der Waals surface area contributed by atoms with Crippen molar-refractivity contribution in [3.8, 4) is 0 Å². The average molecular weight is 575 g/mol. The van der Waals surface area contributed by atoms with Crippen LogP contribution in [0.3, 0.4) is 0 Å². The molecule has 3 heteroatoms. The maximum atomic E-state index is 14.2. The van der Waals surface area contributed by atoms with Crippen LogP contribution in [0.15, 0.2) is 91.0 Å². The molecule has 0 amide bonds. The summed E-state index contributed by atoms with van der Waals surface area (Å²) in [6, 6.07) is 30.8. The summed E-state index contributed by atoms with van der Waals surface area (Å²) in [6.45, 7) is 3.15. The van der Waals surface area contributed by atoms with Crippen molar-refractivity contribution in [3.05, 3.63) is 108 Å². The first-order chi connectivity index (χ1) is 20.8. The third-order valence-corrected chi connectivity index (χ3v) is 8.29. The van der Waals surface area contributed by atoms with Gasteiger partial charge in [0.25, 0.3) is 0 Å². The molecule has 0 aliphatic rings. The Hall–Kier alpha value is -2.49. The Labute approximate surface area is 256 Å². The van der Waals surface area contributed by atoms with E-state index in [2.05, 4.69) is 43.3 Å². The van der Waals surface area contributed by atoms with Gasteiger partial charge in [-0.25, -0.2) is 0 Å². The summed E-state index contributed by atoms with van der Waals surface area (Å²) >= 11 is 0. The molecule has 0 heterocycles. The topological polar surface area (TPSA) is 18.5 Å². The van der Waals surface area contributed by atoms with Crippen LogP contribution < -0.4 is 0 Å². The summed E-state index contributed by atoms with van der Waals surface area (Å²) in [5.41, 5.74) is 2.27. The molecule has 0 saturated carbocycles. The van der Waals surface area contributed by atoms with Crippen molar-refractivity contribution in [1.29, 1.82) is 0 Å². The van der Waals surface area contributed by atoms with Gasteiger partial charge in [0.2, 0.25) is 0 Å². The second-order valence-corrected chi connectivity index (χ2v) is 11.8. The van der Waals surface area contributed by atoms with Crippen molar-refractivity contribution in [2.45, 2.75) is 102 Å². The zero-order valence-corrected chi connectivity index (χ0v) is 26.2. The van der Waals surface area contributed by atoms with Gasteiger partial charge in [-0.2, -0.15) is 0 Å². The monoisotopic (exact) mass is 574 g/mol. The van der Waals surface area contributed by atoms with E-state index in [0.29, 0.717) is 13.2 Å². The third-order valence-electron chi connectivity index (χ3n) is 8.29. The molecular formula is C39H55FO2. The molecule has 0 bridgehead atoms. The minimum Gasteiger partial charge on any atom is -0.381 e. The fraction of sp³-hybridized carbons (Fsp3) is 0.538. The average Bonchev–Trinajstić information content (AvgIpc) is 3.05. The molecule has 3 aromatic carbocycles. The number of unbranched alkanes of at least 4 members (excludes halogenated alkanes) is 13. The van der Waals surface area contributed by atoms with Crippen molar-refractivity contribution in [1.82, 2.24) is 0 Å². The highest BCUT2D eigenvalue weighted by atomic mass is 19.1. The van der Waals surface area contributed by atoms with Gasteiger partial charge in [0.1, 0.15) is 5.60 Å². The van der Waals surface area contributed by atoms with Crippen LogP contribution in [0.4, 0.5) is 4.39 Å². The molecule has 1 unspecified atom stereocenters. The first-order valence-electron chi connectivity index (χ1n) is 16.8. The Morgan fingerprint density at radius 2 is 0.905 bits per heavy atom. The van der Waals surface area contributed by atoms with Gasteiger partial charge in [-0.05, 0) is 23.1 Å². The highest BCUT2D eigenvalue weighted by Crippen LogP contribution is 2.40. The number of benzene rings is 3. The summed E-state index contributed by atoms with van der Waals surface area (Å²) in [7, 11) is 0. The first kappa shape index (κ1) is 34.0. The van der Waals surface area contributed by atoms with E-state index in [1.807, 2.05) is 54.6 Å². The Bertz CT molecular complexity index is 927. The molecule has 0 spiro atoms. The van der Waals surface area contributed by atoms with Gasteiger partial charge in [0.15, 0.2) is 0 Å². The van der Waals surface area contributed by atoms with Gasteiger partial charge in [0.05, 0.1) is 19.9 Å². The number of hydrogen-bond donors (Lipinski definition) is 0. The van der Waals surface area contributed by atoms with Crippen molar-refractivity contribution < 1.29 is 13.9 Å². The van der Waals surface area contributed by atoms with Gasteiger partial charge >= 0.3 is 0 Å². The van der Waals surface area contributed by atoms with Gasteiger partial charge < -0.3 is 9.47 Å². The summed E-state index contributed by atoms with van der Waals surface area (Å²) in [5, 5.41) is 0. The molecule has 0 aromatic heterocycles. The number of rotatable bonds is 24. The maximum Gasteiger partial charge on any atom is 0.143 e. The summed E-state index contributed by atoms with van der Waals surface area (Å²) in [6.07, 6.45) is 18.7. The van der Waals surface area contributed by atoms with E-state index in [1.165, 1.54) is 83.5 Å². The Balaban J connectivity index is 1.39. The second kappa shape index (κ2) is 21.2. The molecule has 230 valence electrons. The van der Waals surface area contributed by atoms with Crippen LogP contribution in [-0.2, 0) is 15.1 Å². The lowest BCUT2D eigenvalue weighted by Gasteiger charge is -2.37. The van der Waals surface area contributed by atoms with E-state index >= 15 is 0 Å². The summed E-state index contributed by atoms with van der Waals surface area (Å²) < 4.78 is 26.9. The fourth-order valence-electron chi connectivity index (χ4n) is 5.80. The minimum absolute atomic E-state index is 0.272. The molecule has 2 nitrogen and oxygen atoms in total. The fourth-order valence-corrected chi connectivity index (χ4v) is 5.80. The van der Waals surface area contributed by atoms with E-state index in [1.54, 1.807) is 0 Å². The standard InChI is InChI=1S/C39H55FO2/c1-2-3-4-5-6-7-8-9-10-11-12-13-14-24-31-41-33-35(32-40)34-42-39(36-25-18-15-19-26-36,37-27-20-16-21-28-37)38-29-22-17-23-30-38/h15-23,25-30,35H,2-14,24,31-34H2,1H3. The molecule has 0 aliphatic carbocycles. The molecule has 0 fully saturated rings. The number of ether oxygens (including phenoxy) is 2. The van der Waals surface area contributed by atoms with Gasteiger partial charge in [0, 0.05) is 12.5 Å². The van der Waals surface area contributed by atoms with E-state index in [-0.39, 0.29) is 12.5 Å². The van der Waals surface area contributed by atoms with Crippen LogP contribution in [0.5, 0.6) is 0 Å². The highest BCUT2D eigenvalue weighted by molar-refractivity contribution is 5.47. The molecule has 3 rings (SSSR count). The van der Waals surface area contributed by atoms with E-state index in [9.17, 15) is 4.39 Å². The quantitative estimate of drug-likeness (QED) is 0.0782. The molecule has 42 heavy (non-hydrogen) atoms. The van der Waals surface area contributed by atoms with Gasteiger partial charge in [-0.15, -0.1) is 0 Å². The predicted molar refractivity (Wildman–Crippen MR) is 176 cm³/mol.